The van der Waals surface area contributed by atoms with Crippen LogP contribution in [0.25, 0.3) is 0 Å². The Balaban J connectivity index is 1.97. The van der Waals surface area contributed by atoms with Crippen LogP contribution in [0.5, 0.6) is 5.75 Å². The lowest BCUT2D eigenvalue weighted by Gasteiger charge is -2.39. The Hall–Kier alpha value is -0.580. The summed E-state index contributed by atoms with van der Waals surface area (Å²) in [5.74, 6) is 1.00. The molecule has 0 bridgehead atoms. The average molecular weight is 312 g/mol. The highest BCUT2D eigenvalue weighted by atomic mass is 79.9. The third-order valence-corrected chi connectivity index (χ3v) is 4.26. The lowest BCUT2D eigenvalue weighted by Crippen LogP contribution is -2.44. The minimum atomic E-state index is -0.117. The van der Waals surface area contributed by atoms with Gasteiger partial charge in [-0.25, -0.2) is 0 Å². The molecular formula is C14H18BrNO2. The van der Waals surface area contributed by atoms with Crippen LogP contribution >= 0.6 is 15.9 Å². The summed E-state index contributed by atoms with van der Waals surface area (Å²) < 4.78 is 12.9. The molecule has 4 heteroatoms. The molecule has 0 aliphatic carbocycles. The van der Waals surface area contributed by atoms with Gasteiger partial charge in [0.15, 0.2) is 0 Å². The molecule has 2 aliphatic rings. The summed E-state index contributed by atoms with van der Waals surface area (Å²) in [5.41, 5.74) is 1.14. The third-order valence-electron chi connectivity index (χ3n) is 3.77. The first kappa shape index (κ1) is 12.5. The second-order valence-electron chi connectivity index (χ2n) is 5.08. The van der Waals surface area contributed by atoms with E-state index in [0.717, 1.165) is 36.2 Å². The van der Waals surface area contributed by atoms with E-state index in [-0.39, 0.29) is 5.60 Å². The Kier molecular flexibility index (Phi) is 3.34. The van der Waals surface area contributed by atoms with Crippen LogP contribution in [0.15, 0.2) is 22.7 Å². The SMILES string of the molecule is CCNC1CC2(CCOC2)Oc2ccc(Br)cc21. The van der Waals surface area contributed by atoms with Gasteiger partial charge < -0.3 is 14.8 Å². The second kappa shape index (κ2) is 4.83. The van der Waals surface area contributed by atoms with E-state index in [9.17, 15) is 0 Å². The predicted molar refractivity (Wildman–Crippen MR) is 74.0 cm³/mol. The molecule has 2 heterocycles. The molecule has 3 rings (SSSR count). The molecule has 0 radical (unpaired) electrons. The van der Waals surface area contributed by atoms with Gasteiger partial charge in [0.1, 0.15) is 11.4 Å². The summed E-state index contributed by atoms with van der Waals surface area (Å²) in [5, 5.41) is 3.56. The number of nitrogens with one attached hydrogen (secondary N) is 1. The van der Waals surface area contributed by atoms with E-state index >= 15 is 0 Å². The molecule has 0 amide bonds. The molecule has 1 spiro atoms. The van der Waals surface area contributed by atoms with Crippen LogP contribution in [-0.2, 0) is 4.74 Å². The molecule has 0 saturated carbocycles. The maximum absolute atomic E-state index is 6.23. The van der Waals surface area contributed by atoms with Crippen molar-refractivity contribution in [3.8, 4) is 5.75 Å². The van der Waals surface area contributed by atoms with Crippen molar-refractivity contribution >= 4 is 15.9 Å². The molecule has 0 aromatic heterocycles. The Morgan fingerprint density at radius 2 is 2.39 bits per heavy atom. The van der Waals surface area contributed by atoms with Gasteiger partial charge in [-0.05, 0) is 24.7 Å². The Labute approximate surface area is 116 Å². The molecule has 2 aliphatic heterocycles. The zero-order valence-electron chi connectivity index (χ0n) is 10.5. The number of fused-ring (bicyclic) bond motifs is 1. The van der Waals surface area contributed by atoms with E-state index in [1.807, 2.05) is 6.07 Å². The predicted octanol–water partition coefficient (Wildman–Crippen LogP) is 3.04. The van der Waals surface area contributed by atoms with Crippen molar-refractivity contribution in [2.24, 2.45) is 0 Å². The Morgan fingerprint density at radius 3 is 3.11 bits per heavy atom. The zero-order valence-corrected chi connectivity index (χ0v) is 12.1. The fourth-order valence-corrected chi connectivity index (χ4v) is 3.28. The molecule has 1 saturated heterocycles. The summed E-state index contributed by atoms with van der Waals surface area (Å²) in [7, 11) is 0. The normalized spacial score (nSPS) is 30.2. The number of halogens is 1. The fourth-order valence-electron chi connectivity index (χ4n) is 2.90. The number of rotatable bonds is 2. The second-order valence-corrected chi connectivity index (χ2v) is 6.00. The van der Waals surface area contributed by atoms with Crippen LogP contribution in [-0.4, -0.2) is 25.4 Å². The Morgan fingerprint density at radius 1 is 1.50 bits per heavy atom. The molecule has 1 aromatic carbocycles. The topological polar surface area (TPSA) is 30.5 Å². The third kappa shape index (κ3) is 2.17. The molecule has 2 unspecified atom stereocenters. The number of hydrogen-bond donors (Lipinski definition) is 1. The van der Waals surface area contributed by atoms with E-state index in [2.05, 4.69) is 40.3 Å². The first-order valence-corrected chi connectivity index (χ1v) is 7.31. The van der Waals surface area contributed by atoms with Crippen molar-refractivity contribution in [3.63, 3.8) is 0 Å². The molecule has 1 N–H and O–H groups in total. The van der Waals surface area contributed by atoms with Gasteiger partial charge in [0, 0.05) is 28.9 Å². The minimum Gasteiger partial charge on any atom is -0.484 e. The standard InChI is InChI=1S/C14H18BrNO2/c1-2-16-12-8-14(5-6-17-9-14)18-13-4-3-10(15)7-11(12)13/h3-4,7,12,16H,2,5-6,8-9H2,1H3. The van der Waals surface area contributed by atoms with Gasteiger partial charge in [-0.3, -0.25) is 0 Å². The summed E-state index contributed by atoms with van der Waals surface area (Å²) in [4.78, 5) is 0. The number of ether oxygens (including phenoxy) is 2. The van der Waals surface area contributed by atoms with Crippen molar-refractivity contribution in [3.05, 3.63) is 28.2 Å². The van der Waals surface area contributed by atoms with Crippen molar-refractivity contribution in [1.29, 1.82) is 0 Å². The van der Waals surface area contributed by atoms with Gasteiger partial charge >= 0.3 is 0 Å². The van der Waals surface area contributed by atoms with Crippen LogP contribution < -0.4 is 10.1 Å². The van der Waals surface area contributed by atoms with Gasteiger partial charge in [0.25, 0.3) is 0 Å². The summed E-state index contributed by atoms with van der Waals surface area (Å²) >= 11 is 3.54. The van der Waals surface area contributed by atoms with Gasteiger partial charge in [-0.1, -0.05) is 22.9 Å². The summed E-state index contributed by atoms with van der Waals surface area (Å²) in [6, 6.07) is 6.61. The van der Waals surface area contributed by atoms with Gasteiger partial charge in [-0.15, -0.1) is 0 Å². The van der Waals surface area contributed by atoms with Crippen molar-refractivity contribution in [2.75, 3.05) is 19.8 Å². The van der Waals surface area contributed by atoms with Crippen LogP contribution in [0.4, 0.5) is 0 Å². The molecule has 2 atom stereocenters. The van der Waals surface area contributed by atoms with E-state index < -0.39 is 0 Å². The van der Waals surface area contributed by atoms with Crippen LogP contribution in [0.3, 0.4) is 0 Å². The smallest absolute Gasteiger partial charge is 0.136 e. The van der Waals surface area contributed by atoms with Gasteiger partial charge in [0.2, 0.25) is 0 Å². The van der Waals surface area contributed by atoms with Crippen LogP contribution in [0, 0.1) is 0 Å². The molecule has 3 nitrogen and oxygen atoms in total. The summed E-state index contributed by atoms with van der Waals surface area (Å²) in [6.45, 7) is 4.63. The molecule has 18 heavy (non-hydrogen) atoms. The highest BCUT2D eigenvalue weighted by molar-refractivity contribution is 9.10. The highest BCUT2D eigenvalue weighted by Gasteiger charge is 2.43. The van der Waals surface area contributed by atoms with E-state index in [0.29, 0.717) is 12.6 Å². The van der Waals surface area contributed by atoms with E-state index in [1.54, 1.807) is 0 Å². The first-order valence-electron chi connectivity index (χ1n) is 6.52. The highest BCUT2D eigenvalue weighted by Crippen LogP contribution is 2.43. The molecule has 1 aromatic rings. The zero-order chi connectivity index (χ0) is 12.6. The fraction of sp³-hybridized carbons (Fsp3) is 0.571. The maximum atomic E-state index is 6.23. The van der Waals surface area contributed by atoms with Crippen LogP contribution in [0.2, 0.25) is 0 Å². The van der Waals surface area contributed by atoms with E-state index in [4.69, 9.17) is 9.47 Å². The minimum absolute atomic E-state index is 0.117. The van der Waals surface area contributed by atoms with Crippen LogP contribution in [0.1, 0.15) is 31.4 Å². The maximum Gasteiger partial charge on any atom is 0.136 e. The quantitative estimate of drug-likeness (QED) is 0.910. The average Bonchev–Trinajstić information content (AvgIpc) is 2.79. The Bertz CT molecular complexity index is 443. The molecule has 98 valence electrons. The molecule has 1 fully saturated rings. The number of benzene rings is 1. The largest absolute Gasteiger partial charge is 0.484 e. The van der Waals surface area contributed by atoms with Crippen molar-refractivity contribution in [2.45, 2.75) is 31.4 Å². The van der Waals surface area contributed by atoms with E-state index in [1.165, 1.54) is 5.56 Å². The lowest BCUT2D eigenvalue weighted by atomic mass is 9.86. The lowest BCUT2D eigenvalue weighted by molar-refractivity contribution is 0.0190. The summed E-state index contributed by atoms with van der Waals surface area (Å²) in [6.07, 6.45) is 1.98. The van der Waals surface area contributed by atoms with Crippen molar-refractivity contribution in [1.82, 2.24) is 5.32 Å². The first-order chi connectivity index (χ1) is 8.72. The van der Waals surface area contributed by atoms with Gasteiger partial charge in [0.05, 0.1) is 13.2 Å². The number of hydrogen-bond acceptors (Lipinski definition) is 3. The van der Waals surface area contributed by atoms with Gasteiger partial charge in [-0.2, -0.15) is 0 Å². The monoisotopic (exact) mass is 311 g/mol. The molecular weight excluding hydrogens is 294 g/mol. The van der Waals surface area contributed by atoms with Crippen molar-refractivity contribution < 1.29 is 9.47 Å².